The SMILES string of the molecule is CC1(C)OB(C(=Cc2ccc3occ(C=O)c(=O)c3c2)CNC(=O)OCc2ccccc2)OC1(C)C. The molecular weight excluding hydrogens is 461 g/mol. The van der Waals surface area contributed by atoms with Gasteiger partial charge in [-0.3, -0.25) is 9.59 Å². The van der Waals surface area contributed by atoms with Crippen molar-refractivity contribution in [3.63, 3.8) is 0 Å². The van der Waals surface area contributed by atoms with Gasteiger partial charge in [0.05, 0.1) is 22.2 Å². The van der Waals surface area contributed by atoms with Gasteiger partial charge < -0.3 is 23.8 Å². The largest absolute Gasteiger partial charge is 0.492 e. The molecule has 3 aromatic rings. The Balaban J connectivity index is 1.59. The van der Waals surface area contributed by atoms with E-state index in [2.05, 4.69) is 5.32 Å². The summed E-state index contributed by atoms with van der Waals surface area (Å²) in [5.41, 5.74) is 0.866. The minimum absolute atomic E-state index is 0.0577. The molecule has 2 aromatic carbocycles. The van der Waals surface area contributed by atoms with Crippen molar-refractivity contribution in [3.8, 4) is 0 Å². The van der Waals surface area contributed by atoms with Crippen LogP contribution >= 0.6 is 0 Å². The van der Waals surface area contributed by atoms with Gasteiger partial charge in [0.25, 0.3) is 0 Å². The molecule has 8 nitrogen and oxygen atoms in total. The molecule has 0 atom stereocenters. The Morgan fingerprint density at radius 3 is 2.42 bits per heavy atom. The molecule has 0 saturated carbocycles. The number of hydrogen-bond donors (Lipinski definition) is 1. The smallest absolute Gasteiger partial charge is 0.463 e. The molecule has 2 heterocycles. The molecule has 0 bridgehead atoms. The molecule has 1 saturated heterocycles. The van der Waals surface area contributed by atoms with Crippen LogP contribution in [0.3, 0.4) is 0 Å². The van der Waals surface area contributed by atoms with Crippen molar-refractivity contribution in [1.82, 2.24) is 5.32 Å². The molecule has 4 rings (SSSR count). The number of aldehydes is 1. The number of ether oxygens (including phenoxy) is 1. The molecule has 0 unspecified atom stereocenters. The molecule has 1 aliphatic heterocycles. The lowest BCUT2D eigenvalue weighted by atomic mass is 9.77. The monoisotopic (exact) mass is 489 g/mol. The summed E-state index contributed by atoms with van der Waals surface area (Å²) >= 11 is 0. The molecular formula is C27H28BNO7. The number of fused-ring (bicyclic) bond motifs is 1. The number of alkyl carbamates (subject to hydrolysis) is 1. The Morgan fingerprint density at radius 1 is 1.06 bits per heavy atom. The van der Waals surface area contributed by atoms with Crippen molar-refractivity contribution >= 4 is 36.5 Å². The summed E-state index contributed by atoms with van der Waals surface area (Å²) in [4.78, 5) is 36.2. The summed E-state index contributed by atoms with van der Waals surface area (Å²) in [5, 5.41) is 3.03. The van der Waals surface area contributed by atoms with Crippen molar-refractivity contribution in [2.75, 3.05) is 6.54 Å². The second-order valence-corrected chi connectivity index (χ2v) is 9.62. The van der Waals surface area contributed by atoms with Crippen LogP contribution in [-0.2, 0) is 20.7 Å². The topological polar surface area (TPSA) is 104 Å². The van der Waals surface area contributed by atoms with Gasteiger partial charge in [0.1, 0.15) is 18.5 Å². The molecule has 1 aromatic heterocycles. The average Bonchev–Trinajstić information content (AvgIpc) is 3.08. The number of rotatable bonds is 7. The van der Waals surface area contributed by atoms with Crippen molar-refractivity contribution in [2.45, 2.75) is 45.5 Å². The van der Waals surface area contributed by atoms with Crippen LogP contribution in [0.25, 0.3) is 17.0 Å². The molecule has 0 radical (unpaired) electrons. The highest BCUT2D eigenvalue weighted by Crippen LogP contribution is 2.38. The van der Waals surface area contributed by atoms with Gasteiger partial charge in [-0.05, 0) is 56.4 Å². The maximum atomic E-state index is 12.6. The molecule has 1 fully saturated rings. The van der Waals surface area contributed by atoms with Crippen molar-refractivity contribution in [3.05, 3.63) is 87.2 Å². The van der Waals surface area contributed by atoms with Crippen molar-refractivity contribution < 1.29 is 28.1 Å². The first kappa shape index (κ1) is 25.4. The second kappa shape index (κ2) is 10.1. The zero-order valence-electron chi connectivity index (χ0n) is 20.7. The highest BCUT2D eigenvalue weighted by molar-refractivity contribution is 6.56. The van der Waals surface area contributed by atoms with Gasteiger partial charge in [-0.2, -0.15) is 0 Å². The molecule has 186 valence electrons. The summed E-state index contributed by atoms with van der Waals surface area (Å²) in [7, 11) is -0.738. The third kappa shape index (κ3) is 5.42. The van der Waals surface area contributed by atoms with Gasteiger partial charge in [-0.15, -0.1) is 0 Å². The van der Waals surface area contributed by atoms with E-state index in [1.807, 2.05) is 58.0 Å². The lowest BCUT2D eigenvalue weighted by molar-refractivity contribution is 0.00578. The average molecular weight is 489 g/mol. The van der Waals surface area contributed by atoms with Gasteiger partial charge in [-0.25, -0.2) is 4.79 Å². The Labute approximate surface area is 209 Å². The van der Waals surface area contributed by atoms with Crippen molar-refractivity contribution in [2.24, 2.45) is 0 Å². The number of carbonyl (C=O) groups excluding carboxylic acids is 2. The lowest BCUT2D eigenvalue weighted by Gasteiger charge is -2.32. The van der Waals surface area contributed by atoms with Gasteiger partial charge >= 0.3 is 13.2 Å². The van der Waals surface area contributed by atoms with Gasteiger partial charge in [-0.1, -0.05) is 42.5 Å². The standard InChI is InChI=1S/C27H28BNO7/c1-26(2)27(3,4)36-28(35-26)21(14-29-25(32)34-16-18-8-6-5-7-9-18)12-19-10-11-23-22(13-19)24(31)20(15-30)17-33-23/h5-13,15,17H,14,16H2,1-4H3,(H,29,32). The fraction of sp³-hybridized carbons (Fsp3) is 0.296. The Hall–Kier alpha value is -3.69. The first-order valence-electron chi connectivity index (χ1n) is 11.6. The zero-order chi connectivity index (χ0) is 25.9. The number of hydrogen-bond acceptors (Lipinski definition) is 7. The minimum atomic E-state index is -0.738. The third-order valence-corrected chi connectivity index (χ3v) is 6.51. The van der Waals surface area contributed by atoms with E-state index in [4.69, 9.17) is 18.5 Å². The minimum Gasteiger partial charge on any atom is -0.463 e. The molecule has 9 heteroatoms. The molecule has 0 aliphatic carbocycles. The van der Waals surface area contributed by atoms with E-state index in [9.17, 15) is 14.4 Å². The van der Waals surface area contributed by atoms with Crippen LogP contribution in [0.4, 0.5) is 4.79 Å². The summed E-state index contributed by atoms with van der Waals surface area (Å²) in [6.07, 6.45) is 2.81. The van der Waals surface area contributed by atoms with E-state index in [1.54, 1.807) is 24.3 Å². The van der Waals surface area contributed by atoms with Crippen LogP contribution in [-0.4, -0.2) is 37.2 Å². The van der Waals surface area contributed by atoms with E-state index >= 15 is 0 Å². The van der Waals surface area contributed by atoms with Crippen LogP contribution in [0.2, 0.25) is 0 Å². The first-order chi connectivity index (χ1) is 17.1. The van der Waals surface area contributed by atoms with Gasteiger partial charge in [0.15, 0.2) is 6.29 Å². The van der Waals surface area contributed by atoms with Crippen molar-refractivity contribution in [1.29, 1.82) is 0 Å². The Bertz CT molecular complexity index is 1350. The predicted molar refractivity (Wildman–Crippen MR) is 137 cm³/mol. The summed E-state index contributed by atoms with van der Waals surface area (Å²) in [6.45, 7) is 7.98. The van der Waals surface area contributed by atoms with E-state index in [0.717, 1.165) is 11.8 Å². The maximum absolute atomic E-state index is 12.6. The van der Waals surface area contributed by atoms with Gasteiger partial charge in [0, 0.05) is 6.54 Å². The molecule has 36 heavy (non-hydrogen) atoms. The Kier molecular flexibility index (Phi) is 7.15. The van der Waals surface area contributed by atoms with Crippen LogP contribution in [0, 0.1) is 0 Å². The summed E-state index contributed by atoms with van der Waals surface area (Å²) < 4.78 is 23.1. The number of amides is 1. The third-order valence-electron chi connectivity index (χ3n) is 6.51. The predicted octanol–water partition coefficient (Wildman–Crippen LogP) is 4.55. The van der Waals surface area contributed by atoms with E-state index in [-0.39, 0.29) is 24.1 Å². The number of nitrogens with one attached hydrogen (secondary N) is 1. The van der Waals surface area contributed by atoms with E-state index in [1.165, 1.54) is 0 Å². The summed E-state index contributed by atoms with van der Waals surface area (Å²) in [6, 6.07) is 14.4. The van der Waals surface area contributed by atoms with E-state index in [0.29, 0.717) is 22.9 Å². The zero-order valence-corrected chi connectivity index (χ0v) is 20.7. The highest BCUT2D eigenvalue weighted by atomic mass is 16.7. The number of benzene rings is 2. The fourth-order valence-electron chi connectivity index (χ4n) is 3.69. The maximum Gasteiger partial charge on any atom is 0.492 e. The van der Waals surface area contributed by atoms with Gasteiger partial charge in [0.2, 0.25) is 5.43 Å². The lowest BCUT2D eigenvalue weighted by Crippen LogP contribution is -2.41. The molecule has 0 spiro atoms. The quantitative estimate of drug-likeness (QED) is 0.384. The highest BCUT2D eigenvalue weighted by Gasteiger charge is 2.52. The van der Waals surface area contributed by atoms with Crippen LogP contribution in [0.1, 0.15) is 49.2 Å². The first-order valence-corrected chi connectivity index (χ1v) is 11.6. The summed E-state index contributed by atoms with van der Waals surface area (Å²) in [5.74, 6) is 0. The normalized spacial score (nSPS) is 16.7. The fourth-order valence-corrected chi connectivity index (χ4v) is 3.69. The molecule has 1 aliphatic rings. The van der Waals surface area contributed by atoms with Crippen LogP contribution < -0.4 is 10.7 Å². The number of carbonyl (C=O) groups is 2. The van der Waals surface area contributed by atoms with E-state index < -0.39 is 29.8 Å². The Morgan fingerprint density at radius 2 is 1.75 bits per heavy atom. The van der Waals surface area contributed by atoms with Crippen LogP contribution in [0.5, 0.6) is 0 Å². The second-order valence-electron chi connectivity index (χ2n) is 9.62. The molecule has 1 N–H and O–H groups in total. The van der Waals surface area contributed by atoms with Crippen LogP contribution in [0.15, 0.2) is 69.5 Å². The molecule has 1 amide bonds.